The van der Waals surface area contributed by atoms with Gasteiger partial charge in [0.2, 0.25) is 0 Å². The minimum Gasteiger partial charge on any atom is -0.462 e. The number of ether oxygens (including phenoxy) is 2. The van der Waals surface area contributed by atoms with E-state index in [2.05, 4.69) is 18.4 Å². The van der Waals surface area contributed by atoms with Gasteiger partial charge in [-0.15, -0.1) is 0 Å². The van der Waals surface area contributed by atoms with Gasteiger partial charge in [-0.2, -0.15) is 0 Å². The highest BCUT2D eigenvalue weighted by molar-refractivity contribution is 7.46. The van der Waals surface area contributed by atoms with Crippen LogP contribution in [0.2, 0.25) is 0 Å². The van der Waals surface area contributed by atoms with Gasteiger partial charge in [0.05, 0.1) is 6.61 Å². The van der Waals surface area contributed by atoms with E-state index in [4.69, 9.17) is 19.3 Å². The third kappa shape index (κ3) is 31.8. The Bertz CT molecular complexity index is 652. The molecular formula is C32H63O8P. The van der Waals surface area contributed by atoms with Gasteiger partial charge in [-0.1, -0.05) is 149 Å². The lowest BCUT2D eigenvalue weighted by Gasteiger charge is -2.18. The highest BCUT2D eigenvalue weighted by Gasteiger charge is 2.22. The molecule has 244 valence electrons. The second kappa shape index (κ2) is 29.1. The Morgan fingerprint density at radius 2 is 0.878 bits per heavy atom. The standard InChI is InChI=1S/C32H63O8P/c1-3-5-7-9-11-13-14-15-16-17-18-19-21-23-25-27-32(34)40-30(29-39-41(35,36)37)28-38-31(33)26-24-22-20-12-10-8-6-4-2/h30H,3-29H2,1-2H3,(H2,35,36,37). The summed E-state index contributed by atoms with van der Waals surface area (Å²) >= 11 is 0. The fourth-order valence-corrected chi connectivity index (χ4v) is 5.20. The van der Waals surface area contributed by atoms with Crippen molar-refractivity contribution >= 4 is 19.8 Å². The van der Waals surface area contributed by atoms with Crippen molar-refractivity contribution in [3.63, 3.8) is 0 Å². The van der Waals surface area contributed by atoms with Crippen molar-refractivity contribution in [1.82, 2.24) is 0 Å². The number of esters is 2. The zero-order chi connectivity index (χ0) is 30.4. The first-order chi connectivity index (χ1) is 19.8. The van der Waals surface area contributed by atoms with Gasteiger partial charge in [0, 0.05) is 12.8 Å². The maximum Gasteiger partial charge on any atom is 0.469 e. The molecule has 0 saturated heterocycles. The maximum atomic E-state index is 12.3. The predicted octanol–water partition coefficient (Wildman–Crippen LogP) is 9.34. The molecule has 0 saturated carbocycles. The summed E-state index contributed by atoms with van der Waals surface area (Å²) in [7, 11) is -4.73. The topological polar surface area (TPSA) is 119 Å². The van der Waals surface area contributed by atoms with E-state index >= 15 is 0 Å². The van der Waals surface area contributed by atoms with Gasteiger partial charge in [-0.3, -0.25) is 14.1 Å². The van der Waals surface area contributed by atoms with E-state index in [0.29, 0.717) is 6.42 Å². The fraction of sp³-hybridized carbons (Fsp3) is 0.938. The van der Waals surface area contributed by atoms with Gasteiger partial charge in [0.1, 0.15) is 6.61 Å². The van der Waals surface area contributed by atoms with Crippen molar-refractivity contribution in [1.29, 1.82) is 0 Å². The summed E-state index contributed by atoms with van der Waals surface area (Å²) in [6.07, 6.45) is 26.9. The molecule has 8 nitrogen and oxygen atoms in total. The molecule has 0 radical (unpaired) electrons. The van der Waals surface area contributed by atoms with E-state index in [1.807, 2.05) is 0 Å². The molecule has 1 atom stereocenters. The van der Waals surface area contributed by atoms with Crippen molar-refractivity contribution < 1.29 is 37.9 Å². The Morgan fingerprint density at radius 3 is 1.24 bits per heavy atom. The number of phosphoric ester groups is 1. The molecule has 0 fully saturated rings. The first-order valence-electron chi connectivity index (χ1n) is 16.8. The van der Waals surface area contributed by atoms with Crippen LogP contribution in [0.3, 0.4) is 0 Å². The third-order valence-corrected chi connectivity index (χ3v) is 7.86. The van der Waals surface area contributed by atoms with Gasteiger partial charge < -0.3 is 19.3 Å². The monoisotopic (exact) mass is 606 g/mol. The summed E-state index contributed by atoms with van der Waals surface area (Å²) in [6, 6.07) is 0. The van der Waals surface area contributed by atoms with Crippen LogP contribution in [-0.4, -0.2) is 41.0 Å². The van der Waals surface area contributed by atoms with Crippen LogP contribution in [0.15, 0.2) is 0 Å². The molecule has 2 N–H and O–H groups in total. The number of carbonyl (C=O) groups is 2. The average molecular weight is 607 g/mol. The second-order valence-corrected chi connectivity index (χ2v) is 12.7. The lowest BCUT2D eigenvalue weighted by molar-refractivity contribution is -0.161. The van der Waals surface area contributed by atoms with Gasteiger partial charge >= 0.3 is 19.8 Å². The van der Waals surface area contributed by atoms with Crippen molar-refractivity contribution in [3.8, 4) is 0 Å². The second-order valence-electron chi connectivity index (χ2n) is 11.5. The van der Waals surface area contributed by atoms with E-state index in [1.54, 1.807) is 0 Å². The summed E-state index contributed by atoms with van der Waals surface area (Å²) in [5.41, 5.74) is 0. The Labute approximate surface area is 251 Å². The molecule has 0 amide bonds. The zero-order valence-corrected chi connectivity index (χ0v) is 27.4. The summed E-state index contributed by atoms with van der Waals surface area (Å²) in [5, 5.41) is 0. The normalized spacial score (nSPS) is 12.4. The zero-order valence-electron chi connectivity index (χ0n) is 26.5. The quantitative estimate of drug-likeness (QED) is 0.0455. The minimum atomic E-state index is -4.73. The van der Waals surface area contributed by atoms with Crippen LogP contribution >= 0.6 is 7.82 Å². The minimum absolute atomic E-state index is 0.219. The number of phosphoric acid groups is 1. The van der Waals surface area contributed by atoms with Gasteiger partial charge in [-0.25, -0.2) is 4.57 Å². The molecule has 0 bridgehead atoms. The molecule has 0 spiro atoms. The lowest BCUT2D eigenvalue weighted by Crippen LogP contribution is -2.29. The van der Waals surface area contributed by atoms with Crippen LogP contribution in [0.5, 0.6) is 0 Å². The molecule has 0 aliphatic heterocycles. The Kier molecular flexibility index (Phi) is 28.5. The van der Waals surface area contributed by atoms with E-state index in [-0.39, 0.29) is 19.4 Å². The highest BCUT2D eigenvalue weighted by Crippen LogP contribution is 2.36. The van der Waals surface area contributed by atoms with E-state index in [9.17, 15) is 14.2 Å². The molecule has 0 aromatic carbocycles. The molecule has 0 aliphatic rings. The van der Waals surface area contributed by atoms with E-state index < -0.39 is 32.5 Å². The van der Waals surface area contributed by atoms with Gasteiger partial charge in [-0.05, 0) is 12.8 Å². The van der Waals surface area contributed by atoms with E-state index in [0.717, 1.165) is 32.1 Å². The third-order valence-electron chi connectivity index (χ3n) is 7.38. The Balaban J connectivity index is 3.94. The summed E-state index contributed by atoms with van der Waals surface area (Å²) in [4.78, 5) is 42.4. The largest absolute Gasteiger partial charge is 0.469 e. The molecule has 41 heavy (non-hydrogen) atoms. The van der Waals surface area contributed by atoms with Crippen LogP contribution in [0.25, 0.3) is 0 Å². The molecular weight excluding hydrogens is 543 g/mol. The first kappa shape index (κ1) is 40.1. The number of carbonyl (C=O) groups excluding carboxylic acids is 2. The Morgan fingerprint density at radius 1 is 0.537 bits per heavy atom. The summed E-state index contributed by atoms with van der Waals surface area (Å²) in [6.45, 7) is 3.64. The average Bonchev–Trinajstić information content (AvgIpc) is 2.93. The molecule has 0 aromatic heterocycles. The lowest BCUT2D eigenvalue weighted by atomic mass is 10.0. The van der Waals surface area contributed by atoms with Crippen molar-refractivity contribution in [2.24, 2.45) is 0 Å². The molecule has 0 aromatic rings. The number of hydrogen-bond donors (Lipinski definition) is 2. The highest BCUT2D eigenvalue weighted by atomic mass is 31.2. The van der Waals surface area contributed by atoms with Gasteiger partial charge in [0.25, 0.3) is 0 Å². The SMILES string of the molecule is CCCCCCCCCCCCCCCCCC(=O)OC(COC(=O)CCCCCCCCCC)COP(=O)(O)O. The fourth-order valence-electron chi connectivity index (χ4n) is 4.84. The van der Waals surface area contributed by atoms with Crippen molar-refractivity contribution in [2.45, 2.75) is 180 Å². The van der Waals surface area contributed by atoms with Crippen LogP contribution in [0.1, 0.15) is 174 Å². The molecule has 0 rings (SSSR count). The van der Waals surface area contributed by atoms with Crippen molar-refractivity contribution in [2.75, 3.05) is 13.2 Å². The van der Waals surface area contributed by atoms with Crippen LogP contribution in [0.4, 0.5) is 0 Å². The van der Waals surface area contributed by atoms with Gasteiger partial charge in [0.15, 0.2) is 6.10 Å². The summed E-state index contributed by atoms with van der Waals surface area (Å²) < 4.78 is 26.1. The van der Waals surface area contributed by atoms with Crippen LogP contribution in [-0.2, 0) is 28.2 Å². The van der Waals surface area contributed by atoms with Crippen LogP contribution in [0, 0.1) is 0 Å². The maximum absolute atomic E-state index is 12.3. The first-order valence-corrected chi connectivity index (χ1v) is 18.4. The number of unbranched alkanes of at least 4 members (excludes halogenated alkanes) is 21. The molecule has 0 heterocycles. The Hall–Kier alpha value is -0.950. The predicted molar refractivity (Wildman–Crippen MR) is 166 cm³/mol. The summed E-state index contributed by atoms with van der Waals surface area (Å²) in [5.74, 6) is -0.881. The number of rotatable bonds is 31. The molecule has 1 unspecified atom stereocenters. The smallest absolute Gasteiger partial charge is 0.462 e. The molecule has 0 aliphatic carbocycles. The van der Waals surface area contributed by atoms with Crippen molar-refractivity contribution in [3.05, 3.63) is 0 Å². The molecule has 9 heteroatoms. The van der Waals surface area contributed by atoms with Crippen LogP contribution < -0.4 is 0 Å². The van der Waals surface area contributed by atoms with E-state index in [1.165, 1.54) is 109 Å². The number of hydrogen-bond acceptors (Lipinski definition) is 6.